The molecule has 12 heteroatoms. The first-order valence-corrected chi connectivity index (χ1v) is 12.0. The predicted octanol–water partition coefficient (Wildman–Crippen LogP) is 2.74. The van der Waals surface area contributed by atoms with Gasteiger partial charge in [0.15, 0.2) is 12.0 Å². The van der Waals surface area contributed by atoms with Crippen molar-refractivity contribution in [3.05, 3.63) is 54.5 Å². The molecular weight excluding hydrogens is 491 g/mol. The molecule has 4 aromatic rings. The van der Waals surface area contributed by atoms with Crippen molar-refractivity contribution in [2.45, 2.75) is 31.7 Å². The summed E-state index contributed by atoms with van der Waals surface area (Å²) in [5.41, 5.74) is 2.50. The molecule has 1 unspecified atom stereocenters. The molecule has 1 fully saturated rings. The minimum absolute atomic E-state index is 0.178. The van der Waals surface area contributed by atoms with Gasteiger partial charge in [-0.25, -0.2) is 14.4 Å². The molecule has 5 rings (SSSR count). The third kappa shape index (κ3) is 5.09. The van der Waals surface area contributed by atoms with E-state index >= 15 is 0 Å². The largest absolute Gasteiger partial charge is 0.486 e. The highest BCUT2D eigenvalue weighted by Gasteiger charge is 2.34. The maximum Gasteiger partial charge on any atom is 0.251 e. The summed E-state index contributed by atoms with van der Waals surface area (Å²) >= 11 is 0. The van der Waals surface area contributed by atoms with Crippen LogP contribution in [0.2, 0.25) is 0 Å². The van der Waals surface area contributed by atoms with Crippen LogP contribution in [0.25, 0.3) is 22.3 Å². The Kier molecular flexibility index (Phi) is 6.85. The van der Waals surface area contributed by atoms with Gasteiger partial charge in [-0.1, -0.05) is 0 Å². The molecular formula is C26H25FN8O3. The van der Waals surface area contributed by atoms with Crippen LogP contribution in [0.15, 0.2) is 48.9 Å². The molecule has 1 amide bonds. The highest BCUT2D eigenvalue weighted by Crippen LogP contribution is 2.29. The summed E-state index contributed by atoms with van der Waals surface area (Å²) in [6, 6.07) is 12.7. The zero-order chi connectivity index (χ0) is 26.8. The van der Waals surface area contributed by atoms with Crippen LogP contribution in [-0.4, -0.2) is 72.1 Å². The van der Waals surface area contributed by atoms with Crippen molar-refractivity contribution in [2.24, 2.45) is 7.05 Å². The van der Waals surface area contributed by atoms with Crippen molar-refractivity contribution in [3.8, 4) is 23.2 Å². The lowest BCUT2D eigenvalue weighted by molar-refractivity contribution is -0.143. The van der Waals surface area contributed by atoms with E-state index in [0.29, 0.717) is 17.3 Å². The van der Waals surface area contributed by atoms with Crippen LogP contribution in [-0.2, 0) is 11.8 Å². The number of amides is 1. The second kappa shape index (κ2) is 10.4. The van der Waals surface area contributed by atoms with Crippen molar-refractivity contribution in [2.75, 3.05) is 18.4 Å². The highest BCUT2D eigenvalue weighted by molar-refractivity contribution is 5.83. The van der Waals surface area contributed by atoms with Crippen LogP contribution in [0.5, 0.6) is 5.75 Å². The summed E-state index contributed by atoms with van der Waals surface area (Å²) < 4.78 is 22.4. The van der Waals surface area contributed by atoms with Crippen molar-refractivity contribution >= 4 is 28.4 Å². The number of benzene rings is 2. The molecule has 0 saturated carbocycles. The van der Waals surface area contributed by atoms with Gasteiger partial charge in [0.25, 0.3) is 5.91 Å². The number of hydrogen-bond acceptors (Lipinski definition) is 9. The SMILES string of the molecule is CC(O)C(=O)N1CC[C@H](Oc2ccc(-c3ncnc(Nc4ccc5cnn(C)c5c4)n3)cc2C#N)[C@H](F)C1. The summed E-state index contributed by atoms with van der Waals surface area (Å²) in [7, 11) is 1.86. The Bertz CT molecular complexity index is 1530. The Labute approximate surface area is 217 Å². The van der Waals surface area contributed by atoms with Gasteiger partial charge in [-0.05, 0) is 43.3 Å². The zero-order valence-corrected chi connectivity index (χ0v) is 20.7. The van der Waals surface area contributed by atoms with Gasteiger partial charge in [0.2, 0.25) is 5.95 Å². The molecule has 1 aliphatic rings. The van der Waals surface area contributed by atoms with E-state index in [-0.39, 0.29) is 30.8 Å². The van der Waals surface area contributed by atoms with Crippen LogP contribution >= 0.6 is 0 Å². The first-order valence-electron chi connectivity index (χ1n) is 12.0. The van der Waals surface area contributed by atoms with E-state index in [1.54, 1.807) is 29.1 Å². The molecule has 0 bridgehead atoms. The molecule has 0 aliphatic carbocycles. The van der Waals surface area contributed by atoms with Gasteiger partial charge >= 0.3 is 0 Å². The highest BCUT2D eigenvalue weighted by atomic mass is 19.1. The number of likely N-dealkylation sites (tertiary alicyclic amines) is 1. The number of nitriles is 1. The Morgan fingerprint density at radius 1 is 1.29 bits per heavy atom. The number of carbonyl (C=O) groups is 1. The van der Waals surface area contributed by atoms with Crippen molar-refractivity contribution < 1.29 is 19.0 Å². The number of nitrogens with one attached hydrogen (secondary N) is 1. The third-order valence-electron chi connectivity index (χ3n) is 6.36. The smallest absolute Gasteiger partial charge is 0.251 e. The number of hydrogen-bond donors (Lipinski definition) is 2. The zero-order valence-electron chi connectivity index (χ0n) is 20.7. The molecule has 2 aromatic carbocycles. The molecule has 2 aromatic heterocycles. The molecule has 194 valence electrons. The average Bonchev–Trinajstić information content (AvgIpc) is 3.29. The number of carbonyl (C=O) groups excluding carboxylic acids is 1. The first-order chi connectivity index (χ1) is 18.3. The van der Waals surface area contributed by atoms with Crippen LogP contribution in [0.3, 0.4) is 0 Å². The van der Waals surface area contributed by atoms with E-state index < -0.39 is 24.3 Å². The van der Waals surface area contributed by atoms with Gasteiger partial charge in [-0.2, -0.15) is 15.3 Å². The lowest BCUT2D eigenvalue weighted by atomic mass is 10.0. The standard InChI is InChI=1S/C26H25FN8O3/c1-15(36)25(37)35-8-7-23(20(27)13-35)38-22-6-4-16(9-18(22)11-28)24-29-14-30-26(33-24)32-19-5-3-17-12-31-34(2)21(17)10-19/h3-6,9-10,12,14-15,20,23,36H,7-8,13H2,1-2H3,(H,29,30,32,33)/t15?,20-,23+/m1/s1. The van der Waals surface area contributed by atoms with E-state index in [1.807, 2.05) is 25.2 Å². The molecule has 0 radical (unpaired) electrons. The topological polar surface area (TPSA) is 142 Å². The second-order valence-electron chi connectivity index (χ2n) is 9.04. The number of ether oxygens (including phenoxy) is 1. The number of fused-ring (bicyclic) bond motifs is 1. The number of piperidine rings is 1. The lowest BCUT2D eigenvalue weighted by Crippen LogP contribution is -2.51. The number of alkyl halides is 1. The number of aromatic nitrogens is 5. The molecule has 11 nitrogen and oxygen atoms in total. The van der Waals surface area contributed by atoms with Gasteiger partial charge < -0.3 is 20.1 Å². The van der Waals surface area contributed by atoms with E-state index in [4.69, 9.17) is 4.74 Å². The summed E-state index contributed by atoms with van der Waals surface area (Å²) in [6.07, 6.45) is -0.0706. The van der Waals surface area contributed by atoms with Crippen molar-refractivity contribution in [1.82, 2.24) is 29.6 Å². The van der Waals surface area contributed by atoms with E-state index in [9.17, 15) is 19.6 Å². The lowest BCUT2D eigenvalue weighted by Gasteiger charge is -2.35. The summed E-state index contributed by atoms with van der Waals surface area (Å²) in [5.74, 6) is 0.391. The number of aliphatic hydroxyl groups is 1. The fourth-order valence-corrected chi connectivity index (χ4v) is 4.35. The van der Waals surface area contributed by atoms with E-state index in [2.05, 4.69) is 31.4 Å². The Balaban J connectivity index is 1.31. The van der Waals surface area contributed by atoms with E-state index in [0.717, 1.165) is 16.6 Å². The fourth-order valence-electron chi connectivity index (χ4n) is 4.35. The fraction of sp³-hybridized carbons (Fsp3) is 0.308. The Morgan fingerprint density at radius 2 is 2.13 bits per heavy atom. The van der Waals surface area contributed by atoms with Crippen LogP contribution in [0, 0.1) is 11.3 Å². The van der Waals surface area contributed by atoms with Crippen LogP contribution in [0.1, 0.15) is 18.9 Å². The molecule has 38 heavy (non-hydrogen) atoms. The van der Waals surface area contributed by atoms with E-state index in [1.165, 1.54) is 18.2 Å². The average molecular weight is 517 g/mol. The normalized spacial score (nSPS) is 18.1. The number of rotatable bonds is 6. The third-order valence-corrected chi connectivity index (χ3v) is 6.36. The monoisotopic (exact) mass is 516 g/mol. The Morgan fingerprint density at radius 3 is 2.89 bits per heavy atom. The maximum atomic E-state index is 14.8. The van der Waals surface area contributed by atoms with Gasteiger partial charge in [-0.3, -0.25) is 9.48 Å². The number of nitrogens with zero attached hydrogens (tertiary/aromatic N) is 7. The predicted molar refractivity (Wildman–Crippen MR) is 136 cm³/mol. The summed E-state index contributed by atoms with van der Waals surface area (Å²) in [4.78, 5) is 26.2. The molecule has 2 N–H and O–H groups in total. The number of halogens is 1. The van der Waals surface area contributed by atoms with Crippen LogP contribution in [0.4, 0.5) is 16.0 Å². The van der Waals surface area contributed by atoms with Gasteiger partial charge in [0, 0.05) is 36.7 Å². The molecule has 0 spiro atoms. The van der Waals surface area contributed by atoms with Crippen molar-refractivity contribution in [3.63, 3.8) is 0 Å². The summed E-state index contributed by atoms with van der Waals surface area (Å²) in [6.45, 7) is 1.43. The van der Waals surface area contributed by atoms with Gasteiger partial charge in [0.1, 0.15) is 30.4 Å². The maximum absolute atomic E-state index is 14.8. The number of aliphatic hydroxyl groups excluding tert-OH is 1. The first kappa shape index (κ1) is 25.0. The molecule has 1 saturated heterocycles. The molecule has 3 atom stereocenters. The molecule has 3 heterocycles. The minimum atomic E-state index is -1.46. The number of anilines is 2. The number of aryl methyl sites for hydroxylation is 1. The second-order valence-corrected chi connectivity index (χ2v) is 9.04. The Hall–Kier alpha value is -4.63. The van der Waals surface area contributed by atoms with Gasteiger partial charge in [0.05, 0.1) is 23.8 Å². The quantitative estimate of drug-likeness (QED) is 0.395. The minimum Gasteiger partial charge on any atom is -0.486 e. The van der Waals surface area contributed by atoms with Crippen LogP contribution < -0.4 is 10.1 Å². The van der Waals surface area contributed by atoms with Gasteiger partial charge in [-0.15, -0.1) is 0 Å². The summed E-state index contributed by atoms with van der Waals surface area (Å²) in [5, 5.41) is 27.6. The molecule has 1 aliphatic heterocycles. The van der Waals surface area contributed by atoms with Crippen molar-refractivity contribution in [1.29, 1.82) is 5.26 Å².